The van der Waals surface area contributed by atoms with E-state index >= 15 is 0 Å². The van der Waals surface area contributed by atoms with Crippen molar-refractivity contribution in [1.29, 1.82) is 0 Å². The average Bonchev–Trinajstić information content (AvgIpc) is 3.53. The second kappa shape index (κ2) is 7.86. The van der Waals surface area contributed by atoms with Gasteiger partial charge in [0.1, 0.15) is 0 Å². The Balaban J connectivity index is 1.28. The van der Waals surface area contributed by atoms with Crippen LogP contribution in [0.4, 0.5) is 5.69 Å². The molecule has 0 bridgehead atoms. The van der Waals surface area contributed by atoms with Crippen LogP contribution < -0.4 is 10.7 Å². The molecule has 1 aromatic carbocycles. The molecular weight excluding hydrogens is 436 g/mol. The number of hydrogen-bond acceptors (Lipinski definition) is 8. The first-order chi connectivity index (χ1) is 14.6. The van der Waals surface area contributed by atoms with Gasteiger partial charge >= 0.3 is 0 Å². The van der Waals surface area contributed by atoms with E-state index in [1.54, 1.807) is 22.7 Å². The van der Waals surface area contributed by atoms with Crippen molar-refractivity contribution in [3.8, 4) is 22.0 Å². The molecule has 0 unspecified atom stereocenters. The van der Waals surface area contributed by atoms with Crippen molar-refractivity contribution in [2.45, 2.75) is 18.5 Å². The Morgan fingerprint density at radius 3 is 2.93 bits per heavy atom. The number of nitrogens with zero attached hydrogens (tertiary/aromatic N) is 5. The lowest BCUT2D eigenvalue weighted by molar-refractivity contribution is -0.116. The van der Waals surface area contributed by atoms with Crippen LogP contribution in [0.2, 0.25) is 0 Å². The van der Waals surface area contributed by atoms with E-state index in [9.17, 15) is 4.79 Å². The van der Waals surface area contributed by atoms with Crippen molar-refractivity contribution in [3.05, 3.63) is 51.7 Å². The maximum Gasteiger partial charge on any atom is 0.237 e. The molecular formula is C20H18N6OS3. The van der Waals surface area contributed by atoms with Gasteiger partial charge in [-0.2, -0.15) is 0 Å². The fraction of sp³-hybridized carbons (Fsp3) is 0.200. The molecule has 10 heteroatoms. The van der Waals surface area contributed by atoms with E-state index in [0.717, 1.165) is 33.3 Å². The van der Waals surface area contributed by atoms with Gasteiger partial charge in [-0.25, -0.2) is 9.66 Å². The van der Waals surface area contributed by atoms with Crippen molar-refractivity contribution < 1.29 is 4.79 Å². The number of anilines is 1. The summed E-state index contributed by atoms with van der Waals surface area (Å²) >= 11 is 4.50. The van der Waals surface area contributed by atoms with Gasteiger partial charge < -0.3 is 10.7 Å². The number of carbonyl (C=O) groups excluding carboxylic acids is 1. The molecule has 0 spiro atoms. The molecule has 0 aliphatic carbocycles. The number of fused-ring (bicyclic) bond motifs is 1. The van der Waals surface area contributed by atoms with E-state index in [2.05, 4.69) is 26.6 Å². The summed E-state index contributed by atoms with van der Waals surface area (Å²) in [6.07, 6.45) is 0.846. The Kier molecular flexibility index (Phi) is 5.05. The van der Waals surface area contributed by atoms with Crippen molar-refractivity contribution in [3.63, 3.8) is 0 Å². The van der Waals surface area contributed by atoms with Gasteiger partial charge in [-0.1, -0.05) is 23.9 Å². The second-order valence-electron chi connectivity index (χ2n) is 6.83. The molecule has 1 aliphatic heterocycles. The van der Waals surface area contributed by atoms with E-state index < -0.39 is 0 Å². The number of aromatic nitrogens is 4. The normalized spacial score (nSPS) is 13.0. The molecule has 152 valence electrons. The number of aryl methyl sites for hydroxylation is 1. The van der Waals surface area contributed by atoms with Crippen molar-refractivity contribution in [2.75, 3.05) is 23.0 Å². The molecule has 0 radical (unpaired) electrons. The standard InChI is InChI=1S/C20H18N6OS3/c1-12-22-15(10-29-12)13-4-5-16-14(9-13)6-7-25(16)18(27)11-30-20-24-23-19(26(20)21)17-3-2-8-28-17/h2-5,8-10H,6-7,11,21H2,1H3. The third kappa shape index (κ3) is 3.51. The fourth-order valence-corrected chi connectivity index (χ4v) is 5.53. The van der Waals surface area contributed by atoms with Gasteiger partial charge in [-0.15, -0.1) is 32.9 Å². The number of rotatable bonds is 5. The zero-order chi connectivity index (χ0) is 20.7. The molecule has 0 fully saturated rings. The molecule has 4 aromatic rings. The molecule has 1 aliphatic rings. The number of benzene rings is 1. The highest BCUT2D eigenvalue weighted by Gasteiger charge is 2.26. The molecule has 2 N–H and O–H groups in total. The highest BCUT2D eigenvalue weighted by atomic mass is 32.2. The molecule has 1 amide bonds. The molecule has 5 rings (SSSR count). The van der Waals surface area contributed by atoms with Crippen LogP contribution in [-0.2, 0) is 11.2 Å². The Morgan fingerprint density at radius 1 is 1.27 bits per heavy atom. The predicted molar refractivity (Wildman–Crippen MR) is 123 cm³/mol. The van der Waals surface area contributed by atoms with Crippen LogP contribution in [0, 0.1) is 6.92 Å². The first-order valence-corrected chi connectivity index (χ1v) is 12.1. The van der Waals surface area contributed by atoms with E-state index in [1.807, 2.05) is 41.5 Å². The van der Waals surface area contributed by atoms with Crippen molar-refractivity contribution in [1.82, 2.24) is 19.9 Å². The summed E-state index contributed by atoms with van der Waals surface area (Å²) in [5, 5.41) is 13.9. The van der Waals surface area contributed by atoms with E-state index in [-0.39, 0.29) is 11.7 Å². The van der Waals surface area contributed by atoms with Gasteiger partial charge in [0.2, 0.25) is 11.1 Å². The number of thiazole rings is 1. The van der Waals surface area contributed by atoms with Crippen LogP contribution in [0.1, 0.15) is 10.6 Å². The van der Waals surface area contributed by atoms with Crippen LogP contribution in [0.5, 0.6) is 0 Å². The lowest BCUT2D eigenvalue weighted by atomic mass is 10.1. The number of amides is 1. The van der Waals surface area contributed by atoms with Gasteiger partial charge in [0.25, 0.3) is 0 Å². The molecule has 7 nitrogen and oxygen atoms in total. The Labute approximate surface area is 185 Å². The minimum absolute atomic E-state index is 0.0386. The summed E-state index contributed by atoms with van der Waals surface area (Å²) in [7, 11) is 0. The van der Waals surface area contributed by atoms with Crippen molar-refractivity contribution in [2.24, 2.45) is 0 Å². The summed E-state index contributed by atoms with van der Waals surface area (Å²) in [5.74, 6) is 7.03. The monoisotopic (exact) mass is 454 g/mol. The maximum absolute atomic E-state index is 12.9. The minimum atomic E-state index is 0.0386. The zero-order valence-electron chi connectivity index (χ0n) is 16.1. The lowest BCUT2D eigenvalue weighted by Gasteiger charge is -2.17. The highest BCUT2D eigenvalue weighted by Crippen LogP contribution is 2.33. The van der Waals surface area contributed by atoms with Crippen LogP contribution in [0.25, 0.3) is 22.0 Å². The summed E-state index contributed by atoms with van der Waals surface area (Å²) in [6, 6.07) is 10.1. The summed E-state index contributed by atoms with van der Waals surface area (Å²) < 4.78 is 1.45. The molecule has 3 aromatic heterocycles. The number of nitrogens with two attached hydrogens (primary N) is 1. The topological polar surface area (TPSA) is 89.9 Å². The van der Waals surface area contributed by atoms with Crippen molar-refractivity contribution >= 4 is 46.0 Å². The zero-order valence-corrected chi connectivity index (χ0v) is 18.6. The third-order valence-electron chi connectivity index (χ3n) is 4.92. The first kappa shape index (κ1) is 19.3. The minimum Gasteiger partial charge on any atom is -0.335 e. The van der Waals surface area contributed by atoms with E-state index in [0.29, 0.717) is 17.5 Å². The number of thiophene rings is 1. The Hall–Kier alpha value is -2.69. The fourth-order valence-electron chi connectivity index (χ4n) is 3.47. The second-order valence-corrected chi connectivity index (χ2v) is 9.79. The Morgan fingerprint density at radius 2 is 2.17 bits per heavy atom. The first-order valence-electron chi connectivity index (χ1n) is 9.33. The van der Waals surface area contributed by atoms with Crippen LogP contribution in [0.15, 0.2) is 46.2 Å². The number of carbonyl (C=O) groups is 1. The summed E-state index contributed by atoms with van der Waals surface area (Å²) in [4.78, 5) is 20.2. The number of nitrogen functional groups attached to an aromatic ring is 1. The lowest BCUT2D eigenvalue weighted by Crippen LogP contribution is -2.30. The van der Waals surface area contributed by atoms with Crippen LogP contribution >= 0.6 is 34.4 Å². The molecule has 0 atom stereocenters. The van der Waals surface area contributed by atoms with Gasteiger partial charge in [0.05, 0.1) is 21.3 Å². The maximum atomic E-state index is 12.9. The smallest absolute Gasteiger partial charge is 0.237 e. The van der Waals surface area contributed by atoms with Crippen LogP contribution in [-0.4, -0.2) is 38.1 Å². The molecule has 0 saturated carbocycles. The molecule has 4 heterocycles. The average molecular weight is 455 g/mol. The highest BCUT2D eigenvalue weighted by molar-refractivity contribution is 7.99. The van der Waals surface area contributed by atoms with Crippen LogP contribution in [0.3, 0.4) is 0 Å². The summed E-state index contributed by atoms with van der Waals surface area (Å²) in [6.45, 7) is 2.69. The quantitative estimate of drug-likeness (QED) is 0.364. The largest absolute Gasteiger partial charge is 0.335 e. The van der Waals surface area contributed by atoms with Gasteiger partial charge in [-0.05, 0) is 42.5 Å². The van der Waals surface area contributed by atoms with Gasteiger partial charge in [-0.3, -0.25) is 4.79 Å². The summed E-state index contributed by atoms with van der Waals surface area (Å²) in [5.41, 5.74) is 4.24. The van der Waals surface area contributed by atoms with E-state index in [1.165, 1.54) is 22.0 Å². The Bertz CT molecular complexity index is 1210. The molecule has 30 heavy (non-hydrogen) atoms. The third-order valence-corrected chi connectivity index (χ3v) is 7.49. The van der Waals surface area contributed by atoms with Gasteiger partial charge in [0.15, 0.2) is 5.82 Å². The predicted octanol–water partition coefficient (Wildman–Crippen LogP) is 3.83. The number of thioether (sulfide) groups is 1. The van der Waals surface area contributed by atoms with E-state index in [4.69, 9.17) is 5.84 Å². The number of hydrogen-bond donors (Lipinski definition) is 1. The molecule has 0 saturated heterocycles. The SMILES string of the molecule is Cc1nc(-c2ccc3c(c2)CCN3C(=O)CSc2nnc(-c3cccs3)n2N)cs1. The van der Waals surface area contributed by atoms with Gasteiger partial charge in [0, 0.05) is 23.2 Å².